The molecule has 2 N–H and O–H groups in total. The highest BCUT2D eigenvalue weighted by Gasteiger charge is 2.37. The first kappa shape index (κ1) is 16.0. The highest BCUT2D eigenvalue weighted by molar-refractivity contribution is 8.00. The van der Waals surface area contributed by atoms with Gasteiger partial charge in [0.05, 0.1) is 6.26 Å². The van der Waals surface area contributed by atoms with E-state index in [2.05, 4.69) is 33.8 Å². The molecule has 1 aliphatic carbocycles. The van der Waals surface area contributed by atoms with Crippen molar-refractivity contribution in [2.45, 2.75) is 63.5 Å². The summed E-state index contributed by atoms with van der Waals surface area (Å²) in [6.45, 7) is 10.0. The minimum atomic E-state index is 0.448. The topological polar surface area (TPSA) is 39.2 Å². The zero-order valence-electron chi connectivity index (χ0n) is 13.3. The van der Waals surface area contributed by atoms with E-state index in [-0.39, 0.29) is 0 Å². The summed E-state index contributed by atoms with van der Waals surface area (Å²) in [7, 11) is 0. The summed E-state index contributed by atoms with van der Waals surface area (Å²) in [5.41, 5.74) is 6.46. The molecule has 20 heavy (non-hydrogen) atoms. The molecule has 3 atom stereocenters. The molecule has 2 nitrogen and oxygen atoms in total. The number of thioether (sulfide) groups is 1. The van der Waals surface area contributed by atoms with Crippen LogP contribution in [-0.4, -0.2) is 11.8 Å². The zero-order valence-corrected chi connectivity index (χ0v) is 14.1. The molecule has 1 aromatic heterocycles. The normalized spacial score (nSPS) is 27.8. The molecular formula is C17H29NOS. The predicted molar refractivity (Wildman–Crippen MR) is 87.0 cm³/mol. The second kappa shape index (κ2) is 6.57. The molecule has 1 aromatic rings. The third kappa shape index (κ3) is 3.43. The van der Waals surface area contributed by atoms with Crippen molar-refractivity contribution in [3.05, 3.63) is 18.1 Å². The predicted octanol–water partition coefficient (Wildman–Crippen LogP) is 4.86. The first-order valence-corrected chi connectivity index (χ1v) is 8.76. The van der Waals surface area contributed by atoms with E-state index in [1.54, 1.807) is 6.26 Å². The van der Waals surface area contributed by atoms with Crippen LogP contribution in [0.1, 0.15) is 52.2 Å². The van der Waals surface area contributed by atoms with E-state index in [1.807, 2.05) is 11.8 Å². The number of nitrogens with two attached hydrogens (primary N) is 1. The van der Waals surface area contributed by atoms with Gasteiger partial charge in [0.15, 0.2) is 0 Å². The lowest BCUT2D eigenvalue weighted by molar-refractivity contribution is 0.134. The molecule has 0 amide bonds. The van der Waals surface area contributed by atoms with Crippen molar-refractivity contribution < 1.29 is 4.42 Å². The van der Waals surface area contributed by atoms with Crippen molar-refractivity contribution in [3.8, 4) is 0 Å². The Bertz CT molecular complexity index is 426. The second-order valence-electron chi connectivity index (χ2n) is 6.85. The molecule has 2 rings (SSSR count). The quantitative estimate of drug-likeness (QED) is 0.843. The number of hydrogen-bond donors (Lipinski definition) is 1. The summed E-state index contributed by atoms with van der Waals surface area (Å²) >= 11 is 1.99. The van der Waals surface area contributed by atoms with Crippen LogP contribution < -0.4 is 5.73 Å². The lowest BCUT2D eigenvalue weighted by Gasteiger charge is -2.42. The van der Waals surface area contributed by atoms with E-state index < -0.39 is 0 Å². The van der Waals surface area contributed by atoms with Gasteiger partial charge in [0.25, 0.3) is 0 Å². The lowest BCUT2D eigenvalue weighted by Crippen LogP contribution is -2.37. The van der Waals surface area contributed by atoms with Crippen LogP contribution in [0.4, 0.5) is 0 Å². The van der Waals surface area contributed by atoms with Crippen molar-refractivity contribution in [1.82, 2.24) is 0 Å². The molecule has 114 valence electrons. The maximum Gasteiger partial charge on any atom is 0.114 e. The van der Waals surface area contributed by atoms with Gasteiger partial charge in [-0.05, 0) is 56.0 Å². The molecule has 3 heteroatoms. The number of rotatable bonds is 5. The van der Waals surface area contributed by atoms with Crippen molar-refractivity contribution in [2.24, 2.45) is 23.0 Å². The highest BCUT2D eigenvalue weighted by Crippen LogP contribution is 2.47. The van der Waals surface area contributed by atoms with Crippen molar-refractivity contribution >= 4 is 11.8 Å². The third-order valence-corrected chi connectivity index (χ3v) is 6.89. The van der Waals surface area contributed by atoms with Crippen LogP contribution in [0.15, 0.2) is 21.6 Å². The van der Waals surface area contributed by atoms with Gasteiger partial charge in [-0.1, -0.05) is 27.2 Å². The monoisotopic (exact) mass is 295 g/mol. The van der Waals surface area contributed by atoms with Crippen LogP contribution in [0.2, 0.25) is 0 Å². The molecule has 3 unspecified atom stereocenters. The van der Waals surface area contributed by atoms with E-state index in [0.717, 1.165) is 18.2 Å². The van der Waals surface area contributed by atoms with Crippen molar-refractivity contribution in [1.29, 1.82) is 0 Å². The van der Waals surface area contributed by atoms with E-state index in [0.29, 0.717) is 16.6 Å². The first-order valence-electron chi connectivity index (χ1n) is 7.88. The van der Waals surface area contributed by atoms with Crippen LogP contribution in [0.3, 0.4) is 0 Å². The van der Waals surface area contributed by atoms with Gasteiger partial charge in [-0.15, -0.1) is 11.8 Å². The van der Waals surface area contributed by atoms with Gasteiger partial charge in [0.1, 0.15) is 5.76 Å². The molecule has 0 radical (unpaired) electrons. The minimum absolute atomic E-state index is 0.448. The van der Waals surface area contributed by atoms with Gasteiger partial charge >= 0.3 is 0 Å². The van der Waals surface area contributed by atoms with Gasteiger partial charge < -0.3 is 10.2 Å². The molecule has 0 bridgehead atoms. The van der Waals surface area contributed by atoms with E-state index in [4.69, 9.17) is 10.2 Å². The summed E-state index contributed by atoms with van der Waals surface area (Å²) in [6, 6.07) is 2.10. The molecule has 0 aliphatic heterocycles. The van der Waals surface area contributed by atoms with Gasteiger partial charge in [-0.3, -0.25) is 0 Å². The Morgan fingerprint density at radius 1 is 1.40 bits per heavy atom. The average Bonchev–Trinajstić information content (AvgIpc) is 2.84. The first-order chi connectivity index (χ1) is 9.47. The Morgan fingerprint density at radius 2 is 2.15 bits per heavy atom. The van der Waals surface area contributed by atoms with Crippen LogP contribution in [0.5, 0.6) is 0 Å². The van der Waals surface area contributed by atoms with Gasteiger partial charge in [0.2, 0.25) is 0 Å². The second-order valence-corrected chi connectivity index (χ2v) is 8.13. The van der Waals surface area contributed by atoms with Gasteiger partial charge in [-0.25, -0.2) is 0 Å². The van der Waals surface area contributed by atoms with Gasteiger partial charge in [-0.2, -0.15) is 0 Å². The zero-order chi connectivity index (χ0) is 14.8. The largest absolute Gasteiger partial charge is 0.468 e. The van der Waals surface area contributed by atoms with Crippen molar-refractivity contribution in [3.63, 3.8) is 0 Å². The number of aryl methyl sites for hydroxylation is 1. The van der Waals surface area contributed by atoms with E-state index >= 15 is 0 Å². The summed E-state index contributed by atoms with van der Waals surface area (Å²) in [6.07, 6.45) is 6.96. The average molecular weight is 295 g/mol. The van der Waals surface area contributed by atoms with Gasteiger partial charge in [0, 0.05) is 10.1 Å². The van der Waals surface area contributed by atoms with Crippen LogP contribution in [0, 0.1) is 24.2 Å². The van der Waals surface area contributed by atoms with E-state index in [9.17, 15) is 0 Å². The lowest BCUT2D eigenvalue weighted by atomic mass is 9.67. The Balaban J connectivity index is 2.09. The van der Waals surface area contributed by atoms with Crippen molar-refractivity contribution in [2.75, 3.05) is 6.54 Å². The minimum Gasteiger partial charge on any atom is -0.468 e. The van der Waals surface area contributed by atoms with Crippen LogP contribution >= 0.6 is 11.8 Å². The number of furan rings is 1. The standard InChI is InChI=1S/C17H29NOS/c1-5-17(3,4)14-7-6-13(11-18)16(10-14)20-15-8-9-19-12(15)2/h8-9,13-14,16H,5-7,10-11,18H2,1-4H3. The molecule has 0 aromatic carbocycles. The maximum atomic E-state index is 6.01. The molecule has 1 fully saturated rings. The number of hydrogen-bond acceptors (Lipinski definition) is 3. The Kier molecular flexibility index (Phi) is 5.25. The van der Waals surface area contributed by atoms with Crippen LogP contribution in [-0.2, 0) is 0 Å². The third-order valence-electron chi connectivity index (χ3n) is 5.34. The summed E-state index contributed by atoms with van der Waals surface area (Å²) in [5.74, 6) is 2.51. The summed E-state index contributed by atoms with van der Waals surface area (Å²) in [5, 5.41) is 0.640. The summed E-state index contributed by atoms with van der Waals surface area (Å²) in [4.78, 5) is 1.29. The Morgan fingerprint density at radius 3 is 2.70 bits per heavy atom. The SMILES string of the molecule is CCC(C)(C)C1CCC(CN)C(Sc2ccoc2C)C1. The molecule has 1 saturated carbocycles. The Hall–Kier alpha value is -0.410. The fourth-order valence-electron chi connectivity index (χ4n) is 3.26. The molecule has 0 saturated heterocycles. The smallest absolute Gasteiger partial charge is 0.114 e. The maximum absolute atomic E-state index is 6.01. The molecule has 1 heterocycles. The fourth-order valence-corrected chi connectivity index (χ4v) is 4.71. The molecule has 1 aliphatic rings. The fraction of sp³-hybridized carbons (Fsp3) is 0.765. The van der Waals surface area contributed by atoms with E-state index in [1.165, 1.54) is 30.6 Å². The highest BCUT2D eigenvalue weighted by atomic mass is 32.2. The molecule has 0 spiro atoms. The Labute approximate surface area is 127 Å². The summed E-state index contributed by atoms with van der Waals surface area (Å²) < 4.78 is 5.44. The molecular weight excluding hydrogens is 266 g/mol. The van der Waals surface area contributed by atoms with Crippen LogP contribution in [0.25, 0.3) is 0 Å².